The number of nitrogens with one attached hydrogen (secondary N) is 1. The molecule has 0 aliphatic carbocycles. The van der Waals surface area contributed by atoms with Gasteiger partial charge in [-0.25, -0.2) is 15.0 Å². The number of hydrogen-bond donors (Lipinski definition) is 1. The van der Waals surface area contributed by atoms with E-state index in [0.717, 1.165) is 27.7 Å². The third-order valence-corrected chi connectivity index (χ3v) is 6.00. The maximum absolute atomic E-state index is 12.9. The predicted molar refractivity (Wildman–Crippen MR) is 119 cm³/mol. The first-order valence-corrected chi connectivity index (χ1v) is 11.3. The number of anilines is 1. The standard InChI is InChI=1S/C21H21N5OS2/c1-12(2)18-22-13(3)17(20(25-18)28-4)19(27)23-15-7-5-14(6-8-15)16-11-26-9-10-29-21(26)24-16/h5-12H,1-4H3,(H,23,27). The number of aromatic nitrogens is 4. The van der Waals surface area contributed by atoms with Crippen molar-refractivity contribution in [3.8, 4) is 11.3 Å². The van der Waals surface area contributed by atoms with E-state index in [1.807, 2.05) is 73.5 Å². The lowest BCUT2D eigenvalue weighted by Crippen LogP contribution is -2.17. The highest BCUT2D eigenvalue weighted by Gasteiger charge is 2.19. The Morgan fingerprint density at radius 1 is 1.17 bits per heavy atom. The van der Waals surface area contributed by atoms with Crippen molar-refractivity contribution >= 4 is 39.7 Å². The zero-order valence-electron chi connectivity index (χ0n) is 16.6. The molecule has 6 nitrogen and oxygen atoms in total. The average Bonchev–Trinajstić information content (AvgIpc) is 3.29. The van der Waals surface area contributed by atoms with Crippen molar-refractivity contribution in [1.82, 2.24) is 19.4 Å². The molecule has 3 heterocycles. The van der Waals surface area contributed by atoms with E-state index >= 15 is 0 Å². The van der Waals surface area contributed by atoms with Gasteiger partial charge in [-0.2, -0.15) is 0 Å². The van der Waals surface area contributed by atoms with E-state index in [1.54, 1.807) is 11.3 Å². The van der Waals surface area contributed by atoms with Gasteiger partial charge in [0.05, 0.1) is 17.0 Å². The van der Waals surface area contributed by atoms with Crippen LogP contribution in [0.5, 0.6) is 0 Å². The summed E-state index contributed by atoms with van der Waals surface area (Å²) in [5.74, 6) is 0.771. The molecule has 0 unspecified atom stereocenters. The number of benzene rings is 1. The average molecular weight is 424 g/mol. The molecular formula is C21H21N5OS2. The number of aryl methyl sites for hydroxylation is 1. The highest BCUT2D eigenvalue weighted by Crippen LogP contribution is 2.26. The van der Waals surface area contributed by atoms with Gasteiger partial charge in [0.2, 0.25) is 0 Å². The second kappa shape index (κ2) is 7.96. The Balaban J connectivity index is 1.56. The van der Waals surface area contributed by atoms with Crippen molar-refractivity contribution in [2.75, 3.05) is 11.6 Å². The van der Waals surface area contributed by atoms with Crippen LogP contribution >= 0.6 is 23.1 Å². The fourth-order valence-electron chi connectivity index (χ4n) is 3.02. The second-order valence-corrected chi connectivity index (χ2v) is 8.62. The Morgan fingerprint density at radius 3 is 2.59 bits per heavy atom. The molecule has 4 aromatic rings. The van der Waals surface area contributed by atoms with Crippen LogP contribution in [0.25, 0.3) is 16.2 Å². The highest BCUT2D eigenvalue weighted by molar-refractivity contribution is 7.98. The van der Waals surface area contributed by atoms with Crippen LogP contribution in [0.15, 0.2) is 47.1 Å². The van der Waals surface area contributed by atoms with Crippen LogP contribution < -0.4 is 5.32 Å². The lowest BCUT2D eigenvalue weighted by molar-refractivity contribution is 0.102. The fraction of sp³-hybridized carbons (Fsp3) is 0.238. The van der Waals surface area contributed by atoms with Gasteiger partial charge in [0, 0.05) is 34.9 Å². The largest absolute Gasteiger partial charge is 0.322 e. The molecule has 1 aromatic carbocycles. The second-order valence-electron chi connectivity index (χ2n) is 6.96. The van der Waals surface area contributed by atoms with Crippen molar-refractivity contribution < 1.29 is 4.79 Å². The smallest absolute Gasteiger partial charge is 0.260 e. The number of thioether (sulfide) groups is 1. The van der Waals surface area contributed by atoms with Crippen LogP contribution in [-0.2, 0) is 0 Å². The minimum absolute atomic E-state index is 0.197. The van der Waals surface area contributed by atoms with Crippen molar-refractivity contribution in [2.24, 2.45) is 0 Å². The van der Waals surface area contributed by atoms with Crippen LogP contribution in [-0.4, -0.2) is 31.5 Å². The van der Waals surface area contributed by atoms with Gasteiger partial charge in [-0.3, -0.25) is 9.20 Å². The summed E-state index contributed by atoms with van der Waals surface area (Å²) in [6.45, 7) is 5.95. The monoisotopic (exact) mass is 423 g/mol. The summed E-state index contributed by atoms with van der Waals surface area (Å²) < 4.78 is 2.00. The van der Waals surface area contributed by atoms with Crippen LogP contribution in [0, 0.1) is 6.92 Å². The normalized spacial score (nSPS) is 11.3. The number of amides is 1. The van der Waals surface area contributed by atoms with Crippen molar-refractivity contribution in [3.63, 3.8) is 0 Å². The van der Waals surface area contributed by atoms with E-state index in [1.165, 1.54) is 11.8 Å². The summed E-state index contributed by atoms with van der Waals surface area (Å²) in [4.78, 5) is 27.6. The Hall–Kier alpha value is -2.71. The Kier molecular flexibility index (Phi) is 5.38. The molecule has 1 N–H and O–H groups in total. The first kappa shape index (κ1) is 19.6. The number of fused-ring (bicyclic) bond motifs is 1. The lowest BCUT2D eigenvalue weighted by atomic mass is 10.1. The topological polar surface area (TPSA) is 72.2 Å². The van der Waals surface area contributed by atoms with Crippen molar-refractivity contribution in [1.29, 1.82) is 0 Å². The van der Waals surface area contributed by atoms with Gasteiger partial charge in [0.25, 0.3) is 5.91 Å². The first-order chi connectivity index (χ1) is 14.0. The number of carbonyl (C=O) groups is 1. The minimum Gasteiger partial charge on any atom is -0.322 e. The van der Waals surface area contributed by atoms with Crippen LogP contribution in [0.2, 0.25) is 0 Å². The summed E-state index contributed by atoms with van der Waals surface area (Å²) in [6, 6.07) is 7.70. The van der Waals surface area contributed by atoms with Crippen molar-refractivity contribution in [2.45, 2.75) is 31.7 Å². The highest BCUT2D eigenvalue weighted by atomic mass is 32.2. The molecule has 4 rings (SSSR count). The zero-order valence-corrected chi connectivity index (χ0v) is 18.3. The third kappa shape index (κ3) is 3.90. The minimum atomic E-state index is -0.197. The molecule has 0 saturated carbocycles. The predicted octanol–water partition coefficient (Wildman–Crippen LogP) is 5.26. The molecule has 8 heteroatoms. The molecule has 0 aliphatic heterocycles. The van der Waals surface area contributed by atoms with E-state index in [0.29, 0.717) is 16.3 Å². The number of nitrogens with zero attached hydrogens (tertiary/aromatic N) is 4. The SMILES string of the molecule is CSc1nc(C(C)C)nc(C)c1C(=O)Nc1ccc(-c2cn3ccsc3n2)cc1. The quantitative estimate of drug-likeness (QED) is 0.350. The Labute approximate surface area is 177 Å². The number of rotatable bonds is 5. The molecule has 0 aliphatic rings. The summed E-state index contributed by atoms with van der Waals surface area (Å²) in [6.07, 6.45) is 5.91. The lowest BCUT2D eigenvalue weighted by Gasteiger charge is -2.13. The van der Waals surface area contributed by atoms with E-state index in [9.17, 15) is 4.79 Å². The molecule has 148 valence electrons. The Bertz CT molecular complexity index is 1150. The van der Waals surface area contributed by atoms with E-state index in [4.69, 9.17) is 0 Å². The number of thiazole rings is 1. The molecule has 0 bridgehead atoms. The number of hydrogen-bond acceptors (Lipinski definition) is 6. The van der Waals surface area contributed by atoms with Crippen LogP contribution in [0.3, 0.4) is 0 Å². The maximum atomic E-state index is 12.9. The molecule has 29 heavy (non-hydrogen) atoms. The number of carbonyl (C=O) groups excluding carboxylic acids is 1. The molecule has 0 atom stereocenters. The summed E-state index contributed by atoms with van der Waals surface area (Å²) in [5.41, 5.74) is 3.86. The molecule has 0 radical (unpaired) electrons. The maximum Gasteiger partial charge on any atom is 0.260 e. The molecule has 0 saturated heterocycles. The van der Waals surface area contributed by atoms with Gasteiger partial charge in [-0.1, -0.05) is 26.0 Å². The molecule has 0 spiro atoms. The van der Waals surface area contributed by atoms with Gasteiger partial charge in [0.15, 0.2) is 4.96 Å². The fourth-order valence-corrected chi connectivity index (χ4v) is 4.35. The van der Waals surface area contributed by atoms with Gasteiger partial charge >= 0.3 is 0 Å². The Morgan fingerprint density at radius 2 is 1.93 bits per heavy atom. The summed E-state index contributed by atoms with van der Waals surface area (Å²) in [7, 11) is 0. The van der Waals surface area contributed by atoms with Crippen LogP contribution in [0.4, 0.5) is 5.69 Å². The van der Waals surface area contributed by atoms with Crippen molar-refractivity contribution in [3.05, 3.63) is 59.1 Å². The van der Waals surface area contributed by atoms with Gasteiger partial charge in [-0.15, -0.1) is 23.1 Å². The molecular weight excluding hydrogens is 402 g/mol. The van der Waals surface area contributed by atoms with Gasteiger partial charge < -0.3 is 5.32 Å². The number of imidazole rings is 1. The molecule has 1 amide bonds. The van der Waals surface area contributed by atoms with E-state index in [-0.39, 0.29) is 11.8 Å². The van der Waals surface area contributed by atoms with Crippen LogP contribution in [0.1, 0.15) is 41.6 Å². The summed E-state index contributed by atoms with van der Waals surface area (Å²) >= 11 is 3.06. The zero-order chi connectivity index (χ0) is 20.5. The van der Waals surface area contributed by atoms with Gasteiger partial charge in [-0.05, 0) is 25.3 Å². The molecule has 0 fully saturated rings. The van der Waals surface area contributed by atoms with Gasteiger partial charge in [0.1, 0.15) is 10.9 Å². The third-order valence-electron chi connectivity index (χ3n) is 4.54. The first-order valence-electron chi connectivity index (χ1n) is 9.22. The summed E-state index contributed by atoms with van der Waals surface area (Å²) in [5, 5.41) is 5.68. The van der Waals surface area contributed by atoms with E-state index < -0.39 is 0 Å². The van der Waals surface area contributed by atoms with E-state index in [2.05, 4.69) is 20.3 Å². The molecule has 3 aromatic heterocycles.